The van der Waals surface area contributed by atoms with Crippen LogP contribution in [0.4, 0.5) is 0 Å². The van der Waals surface area contributed by atoms with Crippen molar-refractivity contribution < 1.29 is 9.15 Å². The molecule has 2 heterocycles. The summed E-state index contributed by atoms with van der Waals surface area (Å²) < 4.78 is 12.5. The lowest BCUT2D eigenvalue weighted by Crippen LogP contribution is -1.99. The van der Waals surface area contributed by atoms with E-state index in [1.165, 1.54) is 5.56 Å². The number of aryl methyl sites for hydroxylation is 2. The van der Waals surface area contributed by atoms with Crippen LogP contribution in [0.1, 0.15) is 39.2 Å². The first-order valence-corrected chi connectivity index (χ1v) is 7.87. The van der Waals surface area contributed by atoms with Gasteiger partial charge in [-0.2, -0.15) is 0 Å². The van der Waals surface area contributed by atoms with Gasteiger partial charge in [0.05, 0.1) is 12.0 Å². The van der Waals surface area contributed by atoms with Crippen LogP contribution in [0.3, 0.4) is 0 Å². The SMILES string of the molecule is Cc1oc(C)c(C(Cl)c2cc(Br)cc3c2OCC3)c1C. The van der Waals surface area contributed by atoms with E-state index in [1.54, 1.807) is 0 Å². The smallest absolute Gasteiger partial charge is 0.127 e. The molecule has 0 saturated heterocycles. The second-order valence-electron chi connectivity index (χ2n) is 5.20. The Hall–Kier alpha value is -0.930. The standard InChI is InChI=1S/C16H16BrClO2/c1-8-9(2)20-10(3)14(8)15(18)13-7-12(17)6-11-4-5-19-16(11)13/h6-7,15H,4-5H2,1-3H3. The lowest BCUT2D eigenvalue weighted by atomic mass is 9.98. The molecule has 1 atom stereocenters. The van der Waals surface area contributed by atoms with Gasteiger partial charge in [-0.3, -0.25) is 0 Å². The fourth-order valence-electron chi connectivity index (χ4n) is 2.83. The van der Waals surface area contributed by atoms with Crippen LogP contribution in [0.15, 0.2) is 21.0 Å². The van der Waals surface area contributed by atoms with Crippen LogP contribution in [0.5, 0.6) is 5.75 Å². The van der Waals surface area contributed by atoms with Crippen molar-refractivity contribution >= 4 is 27.5 Å². The summed E-state index contributed by atoms with van der Waals surface area (Å²) >= 11 is 10.3. The highest BCUT2D eigenvalue weighted by molar-refractivity contribution is 9.10. The van der Waals surface area contributed by atoms with E-state index < -0.39 is 0 Å². The molecule has 2 nitrogen and oxygen atoms in total. The third-order valence-electron chi connectivity index (χ3n) is 3.92. The summed E-state index contributed by atoms with van der Waals surface area (Å²) in [5.74, 6) is 2.74. The van der Waals surface area contributed by atoms with Crippen molar-refractivity contribution in [3.63, 3.8) is 0 Å². The van der Waals surface area contributed by atoms with Gasteiger partial charge in [-0.05, 0) is 44.0 Å². The predicted octanol–water partition coefficient (Wildman–Crippen LogP) is 5.23. The summed E-state index contributed by atoms with van der Waals surface area (Å²) in [6, 6.07) is 4.15. The van der Waals surface area contributed by atoms with Crippen molar-refractivity contribution in [2.45, 2.75) is 32.6 Å². The largest absolute Gasteiger partial charge is 0.493 e. The summed E-state index contributed by atoms with van der Waals surface area (Å²) in [5.41, 5.74) is 4.41. The number of furan rings is 1. The monoisotopic (exact) mass is 354 g/mol. The number of halogens is 2. The van der Waals surface area contributed by atoms with Gasteiger partial charge in [-0.15, -0.1) is 11.6 Å². The molecule has 1 aliphatic heterocycles. The second-order valence-corrected chi connectivity index (χ2v) is 6.55. The van der Waals surface area contributed by atoms with E-state index in [1.807, 2.05) is 19.9 Å². The molecular weight excluding hydrogens is 340 g/mol. The van der Waals surface area contributed by atoms with Gasteiger partial charge in [0, 0.05) is 22.0 Å². The third kappa shape index (κ3) is 2.17. The van der Waals surface area contributed by atoms with Crippen molar-refractivity contribution in [2.75, 3.05) is 6.61 Å². The molecule has 0 N–H and O–H groups in total. The number of benzene rings is 1. The Morgan fingerprint density at radius 2 is 1.95 bits per heavy atom. The lowest BCUT2D eigenvalue weighted by Gasteiger charge is -2.15. The van der Waals surface area contributed by atoms with Crippen LogP contribution in [-0.2, 0) is 6.42 Å². The highest BCUT2D eigenvalue weighted by Gasteiger charge is 2.27. The molecule has 0 aliphatic carbocycles. The number of ether oxygens (including phenoxy) is 1. The molecule has 3 rings (SSSR count). The number of fused-ring (bicyclic) bond motifs is 1. The van der Waals surface area contributed by atoms with Gasteiger partial charge < -0.3 is 9.15 Å². The quantitative estimate of drug-likeness (QED) is 0.688. The van der Waals surface area contributed by atoms with Gasteiger partial charge in [-0.1, -0.05) is 15.9 Å². The average Bonchev–Trinajstić information content (AvgIpc) is 2.93. The summed E-state index contributed by atoms with van der Waals surface area (Å²) in [7, 11) is 0. The number of hydrogen-bond donors (Lipinski definition) is 0. The normalized spacial score (nSPS) is 15.1. The average molecular weight is 356 g/mol. The van der Waals surface area contributed by atoms with E-state index in [4.69, 9.17) is 20.8 Å². The first kappa shape index (κ1) is 14.0. The molecule has 1 aliphatic rings. The molecule has 2 aromatic rings. The van der Waals surface area contributed by atoms with E-state index in [2.05, 4.69) is 28.9 Å². The Labute approximate surface area is 132 Å². The van der Waals surface area contributed by atoms with Crippen molar-refractivity contribution in [3.8, 4) is 5.75 Å². The van der Waals surface area contributed by atoms with Crippen LogP contribution in [0.25, 0.3) is 0 Å². The topological polar surface area (TPSA) is 22.4 Å². The minimum Gasteiger partial charge on any atom is -0.493 e. The molecule has 4 heteroatoms. The summed E-state index contributed by atoms with van der Waals surface area (Å²) in [5, 5.41) is -0.253. The maximum Gasteiger partial charge on any atom is 0.127 e. The zero-order valence-corrected chi connectivity index (χ0v) is 14.1. The molecule has 0 fully saturated rings. The zero-order valence-electron chi connectivity index (χ0n) is 11.7. The maximum absolute atomic E-state index is 6.75. The van der Waals surface area contributed by atoms with Crippen LogP contribution in [0, 0.1) is 20.8 Å². The number of hydrogen-bond acceptors (Lipinski definition) is 2. The maximum atomic E-state index is 6.75. The van der Waals surface area contributed by atoms with Gasteiger partial charge in [0.1, 0.15) is 17.3 Å². The highest BCUT2D eigenvalue weighted by Crippen LogP contribution is 2.44. The predicted molar refractivity (Wildman–Crippen MR) is 84.0 cm³/mol. The fraction of sp³-hybridized carbons (Fsp3) is 0.375. The Morgan fingerprint density at radius 1 is 1.20 bits per heavy atom. The zero-order chi connectivity index (χ0) is 14.4. The molecule has 106 valence electrons. The molecule has 20 heavy (non-hydrogen) atoms. The summed E-state index contributed by atoms with van der Waals surface area (Å²) in [6.45, 7) is 6.71. The summed E-state index contributed by atoms with van der Waals surface area (Å²) in [4.78, 5) is 0. The van der Waals surface area contributed by atoms with E-state index in [-0.39, 0.29) is 5.38 Å². The van der Waals surface area contributed by atoms with E-state index >= 15 is 0 Å². The first-order chi connectivity index (χ1) is 9.49. The van der Waals surface area contributed by atoms with Crippen molar-refractivity contribution in [3.05, 3.63) is 50.4 Å². The summed E-state index contributed by atoms with van der Waals surface area (Å²) in [6.07, 6.45) is 0.938. The van der Waals surface area contributed by atoms with E-state index in [0.717, 1.165) is 51.5 Å². The van der Waals surface area contributed by atoms with Crippen molar-refractivity contribution in [1.82, 2.24) is 0 Å². The van der Waals surface area contributed by atoms with E-state index in [0.29, 0.717) is 0 Å². The van der Waals surface area contributed by atoms with Gasteiger partial charge in [0.2, 0.25) is 0 Å². The van der Waals surface area contributed by atoms with Crippen molar-refractivity contribution in [1.29, 1.82) is 0 Å². The molecule has 0 radical (unpaired) electrons. The Morgan fingerprint density at radius 3 is 2.60 bits per heavy atom. The first-order valence-electron chi connectivity index (χ1n) is 6.64. The Bertz CT molecular complexity index is 676. The number of rotatable bonds is 2. The molecular formula is C16H16BrClO2. The van der Waals surface area contributed by atoms with Gasteiger partial charge in [-0.25, -0.2) is 0 Å². The molecule has 1 aromatic carbocycles. The van der Waals surface area contributed by atoms with Gasteiger partial charge >= 0.3 is 0 Å². The van der Waals surface area contributed by atoms with Gasteiger partial charge in [0.15, 0.2) is 0 Å². The Kier molecular flexibility index (Phi) is 3.59. The number of alkyl halides is 1. The third-order valence-corrected chi connectivity index (χ3v) is 4.83. The van der Waals surface area contributed by atoms with Crippen molar-refractivity contribution in [2.24, 2.45) is 0 Å². The minimum absolute atomic E-state index is 0.253. The molecule has 0 bridgehead atoms. The van der Waals surface area contributed by atoms with Crippen LogP contribution in [-0.4, -0.2) is 6.61 Å². The molecule has 0 spiro atoms. The fourth-order valence-corrected chi connectivity index (χ4v) is 3.83. The lowest BCUT2D eigenvalue weighted by molar-refractivity contribution is 0.353. The van der Waals surface area contributed by atoms with Crippen LogP contribution < -0.4 is 4.74 Å². The van der Waals surface area contributed by atoms with Gasteiger partial charge in [0.25, 0.3) is 0 Å². The van der Waals surface area contributed by atoms with Crippen LogP contribution >= 0.6 is 27.5 Å². The second kappa shape index (κ2) is 5.12. The molecule has 1 unspecified atom stereocenters. The highest BCUT2D eigenvalue weighted by atomic mass is 79.9. The Balaban J connectivity index is 2.14. The minimum atomic E-state index is -0.253. The molecule has 1 aromatic heterocycles. The van der Waals surface area contributed by atoms with E-state index in [9.17, 15) is 0 Å². The van der Waals surface area contributed by atoms with Crippen LogP contribution in [0.2, 0.25) is 0 Å². The molecule has 0 amide bonds. The molecule has 0 saturated carbocycles.